The number of sulfone groups is 1. The summed E-state index contributed by atoms with van der Waals surface area (Å²) in [5.41, 5.74) is 0.541. The molecular formula is C15H20N2O6S. The molecule has 0 fully saturated rings. The molecule has 0 aliphatic heterocycles. The predicted octanol–water partition coefficient (Wildman–Crippen LogP) is 0.790. The van der Waals surface area contributed by atoms with Gasteiger partial charge in [0.2, 0.25) is 0 Å². The summed E-state index contributed by atoms with van der Waals surface area (Å²) in [6, 6.07) is 3.36. The van der Waals surface area contributed by atoms with Gasteiger partial charge in [-0.05, 0) is 38.5 Å². The lowest BCUT2D eigenvalue weighted by Gasteiger charge is -2.14. The predicted molar refractivity (Wildman–Crippen MR) is 86.4 cm³/mol. The monoisotopic (exact) mass is 356 g/mol. The van der Waals surface area contributed by atoms with Gasteiger partial charge in [-0.2, -0.15) is 0 Å². The van der Waals surface area contributed by atoms with Crippen LogP contribution in [0.1, 0.15) is 29.8 Å². The molecule has 24 heavy (non-hydrogen) atoms. The zero-order valence-electron chi connectivity index (χ0n) is 13.9. The first kappa shape index (κ1) is 19.6. The van der Waals surface area contributed by atoms with Gasteiger partial charge < -0.3 is 10.1 Å². The number of rotatable bonds is 5. The number of esters is 1. The van der Waals surface area contributed by atoms with Crippen LogP contribution < -0.4 is 10.6 Å². The Bertz CT molecular complexity index is 757. The highest BCUT2D eigenvalue weighted by molar-refractivity contribution is 7.90. The standard InChI is InChI=1S/C15H20N2O6S/c1-5-16-15(20)17-13(18)10(3)23-14(19)12-8-11(24(4,21)22)7-6-9(12)2/h6-8,10H,5H2,1-4H3,(H2,16,17,18,20). The van der Waals surface area contributed by atoms with Crippen molar-refractivity contribution in [2.75, 3.05) is 12.8 Å². The number of carbonyl (C=O) groups excluding carboxylic acids is 3. The molecule has 0 radical (unpaired) electrons. The Balaban J connectivity index is 2.88. The molecule has 9 heteroatoms. The Hall–Kier alpha value is -2.42. The number of hydrogen-bond acceptors (Lipinski definition) is 6. The van der Waals surface area contributed by atoms with Crippen molar-refractivity contribution in [2.45, 2.75) is 31.8 Å². The van der Waals surface area contributed by atoms with Gasteiger partial charge in [0.1, 0.15) is 0 Å². The van der Waals surface area contributed by atoms with Crippen LogP contribution in [-0.2, 0) is 19.4 Å². The summed E-state index contributed by atoms with van der Waals surface area (Å²) < 4.78 is 28.1. The number of hydrogen-bond donors (Lipinski definition) is 2. The van der Waals surface area contributed by atoms with Crippen molar-refractivity contribution >= 4 is 27.7 Å². The number of carbonyl (C=O) groups is 3. The number of benzene rings is 1. The second kappa shape index (κ2) is 7.91. The van der Waals surface area contributed by atoms with E-state index in [1.54, 1.807) is 13.8 Å². The third kappa shape index (κ3) is 5.34. The maximum atomic E-state index is 12.2. The third-order valence-electron chi connectivity index (χ3n) is 3.08. The summed E-state index contributed by atoms with van der Waals surface area (Å²) in [4.78, 5) is 35.2. The number of nitrogens with one attached hydrogen (secondary N) is 2. The van der Waals surface area contributed by atoms with Crippen LogP contribution in [0.15, 0.2) is 23.1 Å². The Labute approximate surface area is 140 Å². The smallest absolute Gasteiger partial charge is 0.339 e. The van der Waals surface area contributed by atoms with E-state index in [1.165, 1.54) is 25.1 Å². The summed E-state index contributed by atoms with van der Waals surface area (Å²) in [6.07, 6.45) is -0.198. The van der Waals surface area contributed by atoms with Crippen molar-refractivity contribution in [3.8, 4) is 0 Å². The molecule has 132 valence electrons. The topological polar surface area (TPSA) is 119 Å². The number of imide groups is 1. The molecule has 0 spiro atoms. The third-order valence-corrected chi connectivity index (χ3v) is 4.19. The summed E-state index contributed by atoms with van der Waals surface area (Å²) in [5, 5.41) is 4.40. The maximum absolute atomic E-state index is 12.2. The van der Waals surface area contributed by atoms with Gasteiger partial charge in [0, 0.05) is 12.8 Å². The molecule has 0 aromatic heterocycles. The number of urea groups is 1. The summed E-state index contributed by atoms with van der Waals surface area (Å²) >= 11 is 0. The first-order chi connectivity index (χ1) is 11.1. The van der Waals surface area contributed by atoms with Gasteiger partial charge in [0.05, 0.1) is 10.5 Å². The highest BCUT2D eigenvalue weighted by Gasteiger charge is 2.22. The summed E-state index contributed by atoms with van der Waals surface area (Å²) in [6.45, 7) is 4.94. The van der Waals surface area contributed by atoms with Crippen LogP contribution in [-0.4, -0.2) is 45.2 Å². The van der Waals surface area contributed by atoms with Crippen LogP contribution in [0.25, 0.3) is 0 Å². The SMILES string of the molecule is CCNC(=O)NC(=O)C(C)OC(=O)c1cc(S(C)(=O)=O)ccc1C. The number of aryl methyl sites for hydroxylation is 1. The van der Waals surface area contributed by atoms with Crippen molar-refractivity contribution in [1.29, 1.82) is 0 Å². The zero-order chi connectivity index (χ0) is 18.5. The van der Waals surface area contributed by atoms with Gasteiger partial charge >= 0.3 is 12.0 Å². The molecule has 0 aliphatic carbocycles. The average Bonchev–Trinajstić information content (AvgIpc) is 2.46. The largest absolute Gasteiger partial charge is 0.449 e. The Morgan fingerprint density at radius 3 is 2.42 bits per heavy atom. The second-order valence-electron chi connectivity index (χ2n) is 5.15. The summed E-state index contributed by atoms with van der Waals surface area (Å²) in [5.74, 6) is -1.64. The molecule has 3 amide bonds. The Morgan fingerprint density at radius 1 is 1.25 bits per heavy atom. The van der Waals surface area contributed by atoms with Gasteiger partial charge in [-0.25, -0.2) is 18.0 Å². The van der Waals surface area contributed by atoms with Crippen LogP contribution in [0.4, 0.5) is 4.79 Å². The minimum absolute atomic E-state index is 0.0283. The quantitative estimate of drug-likeness (QED) is 0.753. The highest BCUT2D eigenvalue weighted by atomic mass is 32.2. The Kier molecular flexibility index (Phi) is 6.47. The fourth-order valence-electron chi connectivity index (χ4n) is 1.75. The molecule has 1 unspecified atom stereocenters. The maximum Gasteiger partial charge on any atom is 0.339 e. The average molecular weight is 356 g/mol. The molecule has 1 aromatic rings. The normalized spacial score (nSPS) is 12.2. The minimum atomic E-state index is -3.48. The van der Waals surface area contributed by atoms with Crippen molar-refractivity contribution in [3.63, 3.8) is 0 Å². The van der Waals surface area contributed by atoms with E-state index in [1.807, 2.05) is 5.32 Å². The van der Waals surface area contributed by atoms with Gasteiger partial charge in [0.25, 0.3) is 5.91 Å². The van der Waals surface area contributed by atoms with Crippen LogP contribution >= 0.6 is 0 Å². The van der Waals surface area contributed by atoms with Crippen LogP contribution in [0.3, 0.4) is 0 Å². The molecule has 0 heterocycles. The van der Waals surface area contributed by atoms with E-state index >= 15 is 0 Å². The van der Waals surface area contributed by atoms with Gasteiger partial charge in [-0.15, -0.1) is 0 Å². The van der Waals surface area contributed by atoms with Crippen molar-refractivity contribution in [3.05, 3.63) is 29.3 Å². The molecular weight excluding hydrogens is 336 g/mol. The van der Waals surface area contributed by atoms with Crippen molar-refractivity contribution < 1.29 is 27.5 Å². The first-order valence-corrected chi connectivity index (χ1v) is 9.05. The van der Waals surface area contributed by atoms with E-state index in [4.69, 9.17) is 4.74 Å². The van der Waals surface area contributed by atoms with E-state index in [2.05, 4.69) is 5.32 Å². The molecule has 0 saturated heterocycles. The molecule has 1 aromatic carbocycles. The highest BCUT2D eigenvalue weighted by Crippen LogP contribution is 2.17. The molecule has 1 rings (SSSR count). The second-order valence-corrected chi connectivity index (χ2v) is 7.16. The van der Waals surface area contributed by atoms with E-state index < -0.39 is 33.8 Å². The van der Waals surface area contributed by atoms with Gasteiger partial charge in [0.15, 0.2) is 15.9 Å². The molecule has 1 atom stereocenters. The fraction of sp³-hybridized carbons (Fsp3) is 0.400. The van der Waals surface area contributed by atoms with E-state index in [0.29, 0.717) is 12.1 Å². The lowest BCUT2D eigenvalue weighted by Crippen LogP contribution is -2.44. The van der Waals surface area contributed by atoms with Crippen molar-refractivity contribution in [1.82, 2.24) is 10.6 Å². The zero-order valence-corrected chi connectivity index (χ0v) is 14.7. The molecule has 0 bridgehead atoms. The van der Waals surface area contributed by atoms with Crippen LogP contribution in [0, 0.1) is 6.92 Å². The van der Waals surface area contributed by atoms with E-state index in [-0.39, 0.29) is 10.5 Å². The molecule has 8 nitrogen and oxygen atoms in total. The van der Waals surface area contributed by atoms with Gasteiger partial charge in [-0.3, -0.25) is 10.1 Å². The van der Waals surface area contributed by atoms with Gasteiger partial charge in [-0.1, -0.05) is 6.07 Å². The number of amides is 3. The lowest BCUT2D eigenvalue weighted by molar-refractivity contribution is -0.127. The van der Waals surface area contributed by atoms with E-state index in [0.717, 1.165) is 6.26 Å². The van der Waals surface area contributed by atoms with E-state index in [9.17, 15) is 22.8 Å². The van der Waals surface area contributed by atoms with Crippen molar-refractivity contribution in [2.24, 2.45) is 0 Å². The fourth-order valence-corrected chi connectivity index (χ4v) is 2.39. The molecule has 0 aliphatic rings. The van der Waals surface area contributed by atoms with Crippen LogP contribution in [0.2, 0.25) is 0 Å². The molecule has 2 N–H and O–H groups in total. The Morgan fingerprint density at radius 2 is 1.88 bits per heavy atom. The summed E-state index contributed by atoms with van der Waals surface area (Å²) in [7, 11) is -3.48. The first-order valence-electron chi connectivity index (χ1n) is 7.16. The number of ether oxygens (including phenoxy) is 1. The lowest BCUT2D eigenvalue weighted by atomic mass is 10.1. The van der Waals surface area contributed by atoms with Crippen LogP contribution in [0.5, 0.6) is 0 Å². The molecule has 0 saturated carbocycles. The minimum Gasteiger partial charge on any atom is -0.449 e.